The van der Waals surface area contributed by atoms with Crippen LogP contribution in [0.4, 0.5) is 0 Å². The van der Waals surface area contributed by atoms with Crippen LogP contribution in [0.25, 0.3) is 0 Å². The van der Waals surface area contributed by atoms with Crippen LogP contribution in [-0.4, -0.2) is 49.3 Å². The molecule has 0 saturated carbocycles. The number of carbonyl (C=O) groups excluding carboxylic acids is 2. The summed E-state index contributed by atoms with van der Waals surface area (Å²) >= 11 is 0. The molecule has 0 N–H and O–H groups in total. The maximum absolute atomic E-state index is 12.1. The number of hydrogen-bond acceptors (Lipinski definition) is 2. The van der Waals surface area contributed by atoms with Gasteiger partial charge in [0, 0.05) is 60.0 Å². The third kappa shape index (κ3) is 1.86. The van der Waals surface area contributed by atoms with Crippen LogP contribution in [0.1, 0.15) is 31.8 Å². The first-order chi connectivity index (χ1) is 7.79. The van der Waals surface area contributed by atoms with Gasteiger partial charge in [0.1, 0.15) is 0 Å². The molecule has 2 aromatic rings. The topological polar surface area (TPSA) is 34.1 Å². The van der Waals surface area contributed by atoms with Gasteiger partial charge in [-0.25, -0.2) is 0 Å². The van der Waals surface area contributed by atoms with Crippen LogP contribution in [0, 0.1) is 0 Å². The first-order valence-electron chi connectivity index (χ1n) is 5.06. The van der Waals surface area contributed by atoms with Gasteiger partial charge in [-0.15, -0.1) is 0 Å². The molecule has 2 radical (unpaired) electrons. The summed E-state index contributed by atoms with van der Waals surface area (Å²) in [6.45, 7) is 0. The molecule has 0 aliphatic heterocycles. The van der Waals surface area contributed by atoms with Gasteiger partial charge in [-0.1, -0.05) is 48.5 Å². The molecular formula is C14H8CaO2. The van der Waals surface area contributed by atoms with E-state index in [1.807, 2.05) is 0 Å². The summed E-state index contributed by atoms with van der Waals surface area (Å²) in [7, 11) is 0. The zero-order valence-electron chi connectivity index (χ0n) is 9.14. The molecule has 3 rings (SSSR count). The fourth-order valence-corrected chi connectivity index (χ4v) is 2.05. The van der Waals surface area contributed by atoms with Crippen molar-refractivity contribution in [1.29, 1.82) is 0 Å². The molecule has 3 heteroatoms. The van der Waals surface area contributed by atoms with Gasteiger partial charge in [0.2, 0.25) is 0 Å². The quantitative estimate of drug-likeness (QED) is 0.571. The van der Waals surface area contributed by atoms with E-state index < -0.39 is 0 Å². The van der Waals surface area contributed by atoms with E-state index in [2.05, 4.69) is 0 Å². The van der Waals surface area contributed by atoms with Gasteiger partial charge in [-0.05, 0) is 0 Å². The Morgan fingerprint density at radius 2 is 0.765 bits per heavy atom. The first-order valence-corrected chi connectivity index (χ1v) is 5.06. The van der Waals surface area contributed by atoms with Crippen LogP contribution in [-0.2, 0) is 0 Å². The molecule has 0 saturated heterocycles. The van der Waals surface area contributed by atoms with E-state index in [1.54, 1.807) is 48.5 Å². The Morgan fingerprint density at radius 1 is 0.529 bits per heavy atom. The maximum Gasteiger partial charge on any atom is 0.194 e. The van der Waals surface area contributed by atoms with Crippen LogP contribution in [0.2, 0.25) is 0 Å². The van der Waals surface area contributed by atoms with Crippen molar-refractivity contribution < 1.29 is 9.59 Å². The normalized spacial score (nSPS) is 12.5. The molecule has 0 unspecified atom stereocenters. The minimum absolute atomic E-state index is 0. The van der Waals surface area contributed by atoms with Crippen molar-refractivity contribution in [3.05, 3.63) is 70.8 Å². The van der Waals surface area contributed by atoms with E-state index in [-0.39, 0.29) is 49.3 Å². The predicted molar refractivity (Wildman–Crippen MR) is 65.5 cm³/mol. The smallest absolute Gasteiger partial charge is 0.194 e. The van der Waals surface area contributed by atoms with E-state index in [0.717, 1.165) is 0 Å². The van der Waals surface area contributed by atoms with E-state index in [9.17, 15) is 9.59 Å². The second kappa shape index (κ2) is 4.73. The van der Waals surface area contributed by atoms with Gasteiger partial charge in [0.25, 0.3) is 0 Å². The summed E-state index contributed by atoms with van der Waals surface area (Å²) in [5, 5.41) is 0. The van der Waals surface area contributed by atoms with Gasteiger partial charge in [0.05, 0.1) is 0 Å². The summed E-state index contributed by atoms with van der Waals surface area (Å²) in [4.78, 5) is 24.2. The number of fused-ring (bicyclic) bond motifs is 2. The number of rotatable bonds is 0. The average Bonchev–Trinajstić information content (AvgIpc) is 2.36. The molecule has 0 heterocycles. The minimum atomic E-state index is -0.0641. The van der Waals surface area contributed by atoms with E-state index >= 15 is 0 Å². The standard InChI is InChI=1S/C14H8O2.Ca/c15-13-9-5-1-2-6-10(9)14(16)12-8-4-3-7-11(12)13;/h1-8H;. The third-order valence-electron chi connectivity index (χ3n) is 2.83. The van der Waals surface area contributed by atoms with Gasteiger partial charge in [-0.2, -0.15) is 0 Å². The summed E-state index contributed by atoms with van der Waals surface area (Å²) in [6.07, 6.45) is 0. The Balaban J connectivity index is 0.00000108. The largest absolute Gasteiger partial charge is 0.289 e. The average molecular weight is 248 g/mol. The zero-order chi connectivity index (χ0) is 11.1. The fourth-order valence-electron chi connectivity index (χ4n) is 2.05. The fraction of sp³-hybridized carbons (Fsp3) is 0. The van der Waals surface area contributed by atoms with Gasteiger partial charge >= 0.3 is 0 Å². The molecular weight excluding hydrogens is 240 g/mol. The predicted octanol–water partition coefficient (Wildman–Crippen LogP) is 2.08. The number of hydrogen-bond donors (Lipinski definition) is 0. The Bertz CT molecular complexity index is 512. The first kappa shape index (κ1) is 12.5. The molecule has 0 fully saturated rings. The number of ketones is 2. The number of benzene rings is 2. The molecule has 78 valence electrons. The summed E-state index contributed by atoms with van der Waals surface area (Å²) in [6, 6.07) is 13.9. The van der Waals surface area contributed by atoms with Crippen LogP contribution in [0.15, 0.2) is 48.5 Å². The second-order valence-corrected chi connectivity index (χ2v) is 3.75. The monoisotopic (exact) mass is 248 g/mol. The van der Waals surface area contributed by atoms with Crippen LogP contribution < -0.4 is 0 Å². The van der Waals surface area contributed by atoms with Crippen LogP contribution in [0.5, 0.6) is 0 Å². The van der Waals surface area contributed by atoms with Gasteiger partial charge < -0.3 is 0 Å². The van der Waals surface area contributed by atoms with Crippen LogP contribution >= 0.6 is 0 Å². The van der Waals surface area contributed by atoms with Crippen molar-refractivity contribution in [2.24, 2.45) is 0 Å². The Kier molecular flexibility index (Phi) is 3.48. The third-order valence-corrected chi connectivity index (χ3v) is 2.83. The van der Waals surface area contributed by atoms with E-state index in [1.165, 1.54) is 0 Å². The van der Waals surface area contributed by atoms with Crippen molar-refractivity contribution in [2.45, 2.75) is 0 Å². The van der Waals surface area contributed by atoms with Gasteiger partial charge in [-0.3, -0.25) is 9.59 Å². The molecule has 1 aliphatic carbocycles. The number of carbonyl (C=O) groups is 2. The summed E-state index contributed by atoms with van der Waals surface area (Å²) < 4.78 is 0. The Labute approximate surface area is 129 Å². The molecule has 0 aromatic heterocycles. The SMILES string of the molecule is O=C1c2ccccc2C(=O)c2ccccc21.[Ca]. The van der Waals surface area contributed by atoms with Gasteiger partial charge in [0.15, 0.2) is 11.6 Å². The Hall–Kier alpha value is -0.960. The molecule has 0 spiro atoms. The molecule has 2 aromatic carbocycles. The van der Waals surface area contributed by atoms with E-state index in [0.29, 0.717) is 22.3 Å². The molecule has 2 nitrogen and oxygen atoms in total. The minimum Gasteiger partial charge on any atom is -0.289 e. The molecule has 0 amide bonds. The second-order valence-electron chi connectivity index (χ2n) is 3.75. The maximum atomic E-state index is 12.1. The Morgan fingerprint density at radius 3 is 1.00 bits per heavy atom. The molecule has 17 heavy (non-hydrogen) atoms. The van der Waals surface area contributed by atoms with Crippen molar-refractivity contribution in [2.75, 3.05) is 0 Å². The molecule has 0 atom stereocenters. The molecule has 0 bridgehead atoms. The van der Waals surface area contributed by atoms with Crippen LogP contribution in [0.3, 0.4) is 0 Å². The van der Waals surface area contributed by atoms with Crippen molar-refractivity contribution in [3.63, 3.8) is 0 Å². The van der Waals surface area contributed by atoms with Crippen molar-refractivity contribution >= 4 is 49.3 Å². The summed E-state index contributed by atoms with van der Waals surface area (Å²) in [5.74, 6) is -0.128. The van der Waals surface area contributed by atoms with Crippen molar-refractivity contribution in [1.82, 2.24) is 0 Å². The zero-order valence-corrected chi connectivity index (χ0v) is 11.4. The van der Waals surface area contributed by atoms with E-state index in [4.69, 9.17) is 0 Å². The van der Waals surface area contributed by atoms with Crippen molar-refractivity contribution in [3.8, 4) is 0 Å². The molecule has 1 aliphatic rings. The summed E-state index contributed by atoms with van der Waals surface area (Å²) in [5.41, 5.74) is 2.02.